The van der Waals surface area contributed by atoms with Gasteiger partial charge >= 0.3 is 0 Å². The molecule has 0 bridgehead atoms. The minimum Gasteiger partial charge on any atom is -0.497 e. The molecule has 0 aliphatic heterocycles. The van der Waals surface area contributed by atoms with Crippen LogP contribution >= 0.6 is 22.7 Å². The molecule has 0 saturated heterocycles. The molecule has 1 N–H and O–H groups in total. The second kappa shape index (κ2) is 7.26. The first kappa shape index (κ1) is 15.5. The third kappa shape index (κ3) is 3.69. The summed E-state index contributed by atoms with van der Waals surface area (Å²) in [6.45, 7) is 0. The van der Waals surface area contributed by atoms with E-state index in [1.54, 1.807) is 31.8 Å². The van der Waals surface area contributed by atoms with Gasteiger partial charge < -0.3 is 9.47 Å². The van der Waals surface area contributed by atoms with Crippen LogP contribution in [0.1, 0.15) is 5.56 Å². The summed E-state index contributed by atoms with van der Waals surface area (Å²) in [7, 11) is 3.24. The SMILES string of the molecule is COc1ccc(/C=N\Nc2nc(-c3cccs3)cs2)c(OC)c1. The lowest BCUT2D eigenvalue weighted by Gasteiger charge is -2.06. The quantitative estimate of drug-likeness (QED) is 0.533. The molecule has 0 radical (unpaired) electrons. The van der Waals surface area contributed by atoms with Crippen LogP contribution in [0.25, 0.3) is 10.6 Å². The maximum atomic E-state index is 5.33. The molecular weight excluding hydrogens is 330 g/mol. The Bertz CT molecular complexity index is 798. The molecule has 0 spiro atoms. The summed E-state index contributed by atoms with van der Waals surface area (Å²) in [6, 6.07) is 9.64. The Balaban J connectivity index is 1.69. The van der Waals surface area contributed by atoms with Crippen molar-refractivity contribution in [1.82, 2.24) is 4.98 Å². The average molecular weight is 345 g/mol. The number of methoxy groups -OCH3 is 2. The predicted molar refractivity (Wildman–Crippen MR) is 96.2 cm³/mol. The molecule has 118 valence electrons. The van der Waals surface area contributed by atoms with E-state index in [-0.39, 0.29) is 0 Å². The van der Waals surface area contributed by atoms with Crippen LogP contribution in [-0.2, 0) is 0 Å². The second-order valence-corrected chi connectivity index (χ2v) is 6.30. The van der Waals surface area contributed by atoms with Crippen LogP contribution in [0.5, 0.6) is 11.5 Å². The summed E-state index contributed by atoms with van der Waals surface area (Å²) in [5.41, 5.74) is 4.77. The topological polar surface area (TPSA) is 55.7 Å². The maximum absolute atomic E-state index is 5.33. The van der Waals surface area contributed by atoms with Crippen molar-refractivity contribution in [2.45, 2.75) is 0 Å². The first-order valence-corrected chi connectivity index (χ1v) is 8.56. The van der Waals surface area contributed by atoms with Gasteiger partial charge in [-0.25, -0.2) is 4.98 Å². The number of nitrogens with one attached hydrogen (secondary N) is 1. The number of nitrogens with zero attached hydrogens (tertiary/aromatic N) is 2. The molecule has 7 heteroatoms. The zero-order valence-electron chi connectivity index (χ0n) is 12.6. The average Bonchev–Trinajstić information content (AvgIpc) is 3.26. The highest BCUT2D eigenvalue weighted by molar-refractivity contribution is 7.15. The van der Waals surface area contributed by atoms with Crippen LogP contribution in [-0.4, -0.2) is 25.4 Å². The Morgan fingerprint density at radius 2 is 2.09 bits per heavy atom. The minimum atomic E-state index is 0.702. The molecule has 0 amide bonds. The lowest BCUT2D eigenvalue weighted by molar-refractivity contribution is 0.394. The van der Waals surface area contributed by atoms with E-state index in [1.807, 2.05) is 35.0 Å². The van der Waals surface area contributed by atoms with Gasteiger partial charge in [0.1, 0.15) is 11.5 Å². The van der Waals surface area contributed by atoms with E-state index < -0.39 is 0 Å². The van der Waals surface area contributed by atoms with Crippen LogP contribution in [0.2, 0.25) is 0 Å². The standard InChI is InChI=1S/C16H15N3O2S2/c1-20-12-6-5-11(14(8-12)21-2)9-17-19-16-18-13(10-23-16)15-4-3-7-22-15/h3-10H,1-2H3,(H,18,19)/b17-9-. The minimum absolute atomic E-state index is 0.702. The number of hydrogen-bond donors (Lipinski definition) is 1. The van der Waals surface area contributed by atoms with Crippen molar-refractivity contribution in [3.8, 4) is 22.1 Å². The van der Waals surface area contributed by atoms with E-state index in [0.29, 0.717) is 5.75 Å². The fourth-order valence-corrected chi connectivity index (χ4v) is 3.36. The van der Waals surface area contributed by atoms with Gasteiger partial charge in [-0.2, -0.15) is 5.10 Å². The van der Waals surface area contributed by atoms with Crippen molar-refractivity contribution < 1.29 is 9.47 Å². The molecule has 3 aromatic rings. The smallest absolute Gasteiger partial charge is 0.203 e. The molecule has 0 aliphatic carbocycles. The third-order valence-corrected chi connectivity index (χ3v) is 4.72. The summed E-state index contributed by atoms with van der Waals surface area (Å²) in [6.07, 6.45) is 1.70. The van der Waals surface area contributed by atoms with Crippen LogP contribution in [0.15, 0.2) is 46.2 Å². The largest absolute Gasteiger partial charge is 0.497 e. The van der Waals surface area contributed by atoms with Gasteiger partial charge in [0.25, 0.3) is 0 Å². The van der Waals surface area contributed by atoms with Crippen LogP contribution in [0.3, 0.4) is 0 Å². The zero-order chi connectivity index (χ0) is 16.1. The van der Waals surface area contributed by atoms with Gasteiger partial charge in [0, 0.05) is 17.0 Å². The molecule has 23 heavy (non-hydrogen) atoms. The van der Waals surface area contributed by atoms with Crippen molar-refractivity contribution in [1.29, 1.82) is 0 Å². The monoisotopic (exact) mass is 345 g/mol. The van der Waals surface area contributed by atoms with Crippen LogP contribution in [0, 0.1) is 0 Å². The first-order chi connectivity index (χ1) is 11.3. The lowest BCUT2D eigenvalue weighted by atomic mass is 10.2. The molecule has 0 unspecified atom stereocenters. The molecule has 0 saturated carbocycles. The number of thiophene rings is 1. The summed E-state index contributed by atoms with van der Waals surface area (Å²) in [5.74, 6) is 1.45. The fraction of sp³-hybridized carbons (Fsp3) is 0.125. The molecule has 3 rings (SSSR count). The van der Waals surface area contributed by atoms with E-state index in [4.69, 9.17) is 9.47 Å². The molecule has 0 atom stereocenters. The Morgan fingerprint density at radius 3 is 2.83 bits per heavy atom. The van der Waals surface area contributed by atoms with Gasteiger partial charge in [0.2, 0.25) is 5.13 Å². The number of aromatic nitrogens is 1. The van der Waals surface area contributed by atoms with Gasteiger partial charge in [-0.1, -0.05) is 6.07 Å². The predicted octanol–water partition coefficient (Wildman–Crippen LogP) is 4.33. The van der Waals surface area contributed by atoms with E-state index in [9.17, 15) is 0 Å². The molecule has 2 heterocycles. The maximum Gasteiger partial charge on any atom is 0.203 e. The Hall–Kier alpha value is -2.38. The molecule has 1 aromatic carbocycles. The van der Waals surface area contributed by atoms with Crippen molar-refractivity contribution in [3.63, 3.8) is 0 Å². The van der Waals surface area contributed by atoms with E-state index in [0.717, 1.165) is 27.0 Å². The molecule has 0 aliphatic rings. The number of anilines is 1. The number of ether oxygens (including phenoxy) is 2. The number of rotatable bonds is 6. The molecule has 0 fully saturated rings. The third-order valence-electron chi connectivity index (χ3n) is 3.08. The zero-order valence-corrected chi connectivity index (χ0v) is 14.3. The fourth-order valence-electron chi connectivity index (χ4n) is 1.94. The van der Waals surface area contributed by atoms with Crippen molar-refractivity contribution >= 4 is 34.0 Å². The van der Waals surface area contributed by atoms with Gasteiger partial charge in [-0.15, -0.1) is 22.7 Å². The Labute approximate surface area is 142 Å². The first-order valence-electron chi connectivity index (χ1n) is 6.80. The number of benzene rings is 1. The highest BCUT2D eigenvalue weighted by Crippen LogP contribution is 2.28. The van der Waals surface area contributed by atoms with Crippen molar-refractivity contribution in [2.75, 3.05) is 19.6 Å². The normalized spacial score (nSPS) is 10.9. The van der Waals surface area contributed by atoms with Crippen molar-refractivity contribution in [2.24, 2.45) is 5.10 Å². The number of thiazole rings is 1. The van der Waals surface area contributed by atoms with Gasteiger partial charge in [-0.05, 0) is 23.6 Å². The highest BCUT2D eigenvalue weighted by atomic mass is 32.1. The molecule has 5 nitrogen and oxygen atoms in total. The molecule has 2 aromatic heterocycles. The number of hydrazone groups is 1. The van der Waals surface area contributed by atoms with E-state index in [1.165, 1.54) is 11.3 Å². The second-order valence-electron chi connectivity index (χ2n) is 4.49. The highest BCUT2D eigenvalue weighted by Gasteiger charge is 2.05. The summed E-state index contributed by atoms with van der Waals surface area (Å²) < 4.78 is 10.5. The molecular formula is C16H15N3O2S2. The van der Waals surface area contributed by atoms with Crippen LogP contribution < -0.4 is 14.9 Å². The Kier molecular flexibility index (Phi) is 4.89. The van der Waals surface area contributed by atoms with Gasteiger partial charge in [0.05, 0.1) is 31.0 Å². The van der Waals surface area contributed by atoms with E-state index >= 15 is 0 Å². The Morgan fingerprint density at radius 1 is 1.17 bits per heavy atom. The lowest BCUT2D eigenvalue weighted by Crippen LogP contribution is -1.95. The van der Waals surface area contributed by atoms with E-state index in [2.05, 4.69) is 21.6 Å². The van der Waals surface area contributed by atoms with Gasteiger partial charge in [-0.3, -0.25) is 5.43 Å². The van der Waals surface area contributed by atoms with Crippen LogP contribution in [0.4, 0.5) is 5.13 Å². The summed E-state index contributed by atoms with van der Waals surface area (Å²) in [5, 5.41) is 9.02. The summed E-state index contributed by atoms with van der Waals surface area (Å²) >= 11 is 3.19. The van der Waals surface area contributed by atoms with Gasteiger partial charge in [0.15, 0.2) is 0 Å². The summed E-state index contributed by atoms with van der Waals surface area (Å²) in [4.78, 5) is 5.65. The number of hydrogen-bond acceptors (Lipinski definition) is 7. The van der Waals surface area contributed by atoms with Crippen molar-refractivity contribution in [3.05, 3.63) is 46.7 Å².